The van der Waals surface area contributed by atoms with Crippen molar-refractivity contribution < 1.29 is 19.4 Å². The molecule has 1 atom stereocenters. The van der Waals surface area contributed by atoms with Crippen LogP contribution in [-0.2, 0) is 16.1 Å². The van der Waals surface area contributed by atoms with E-state index in [2.05, 4.69) is 0 Å². The van der Waals surface area contributed by atoms with E-state index < -0.39 is 5.97 Å². The maximum absolute atomic E-state index is 10.6. The minimum atomic E-state index is -0.723. The van der Waals surface area contributed by atoms with Gasteiger partial charge in [-0.15, -0.1) is 0 Å². The van der Waals surface area contributed by atoms with E-state index in [4.69, 9.17) is 14.6 Å². The largest absolute Gasteiger partial charge is 0.497 e. The van der Waals surface area contributed by atoms with Crippen molar-refractivity contribution in [2.24, 2.45) is 5.92 Å². The summed E-state index contributed by atoms with van der Waals surface area (Å²) in [5.41, 5.74) is 1.11. The molecule has 0 aliphatic heterocycles. The number of aliphatic carboxylic acids is 1. The number of unbranched alkanes of at least 4 members (excludes halogenated alkanes) is 1. The standard InChI is InChI=1S/C15H22O4/c1-12(15(16)17)5-3-4-10-19-11-13-6-8-14(18-2)9-7-13/h6-9,12H,3-5,10-11H2,1-2H3,(H,16,17)/t12-/m0/s1. The molecular weight excluding hydrogens is 244 g/mol. The normalized spacial score (nSPS) is 12.1. The van der Waals surface area contributed by atoms with Crippen molar-refractivity contribution >= 4 is 5.97 Å². The molecule has 0 saturated heterocycles. The van der Waals surface area contributed by atoms with Gasteiger partial charge in [-0.25, -0.2) is 0 Å². The van der Waals surface area contributed by atoms with Crippen LogP contribution >= 0.6 is 0 Å². The van der Waals surface area contributed by atoms with Crippen LogP contribution in [0, 0.1) is 5.92 Å². The minimum Gasteiger partial charge on any atom is -0.497 e. The number of carbonyl (C=O) groups is 1. The third-order valence-corrected chi connectivity index (χ3v) is 3.03. The Morgan fingerprint density at radius 2 is 1.95 bits per heavy atom. The van der Waals surface area contributed by atoms with Gasteiger partial charge in [0.15, 0.2) is 0 Å². The lowest BCUT2D eigenvalue weighted by Gasteiger charge is -2.07. The fourth-order valence-corrected chi connectivity index (χ4v) is 1.69. The number of methoxy groups -OCH3 is 1. The average Bonchev–Trinajstić information content (AvgIpc) is 2.42. The Morgan fingerprint density at radius 1 is 1.26 bits per heavy atom. The fraction of sp³-hybridized carbons (Fsp3) is 0.533. The highest BCUT2D eigenvalue weighted by Gasteiger charge is 2.09. The molecule has 0 aromatic heterocycles. The predicted octanol–water partition coefficient (Wildman–Crippen LogP) is 3.10. The Morgan fingerprint density at radius 3 is 2.53 bits per heavy atom. The van der Waals surface area contributed by atoms with Crippen molar-refractivity contribution in [3.05, 3.63) is 29.8 Å². The molecule has 0 radical (unpaired) electrons. The van der Waals surface area contributed by atoms with Gasteiger partial charge in [-0.1, -0.05) is 25.5 Å². The van der Waals surface area contributed by atoms with E-state index in [1.807, 2.05) is 24.3 Å². The third kappa shape index (κ3) is 6.25. The van der Waals surface area contributed by atoms with Crippen LogP contribution in [0.15, 0.2) is 24.3 Å². The summed E-state index contributed by atoms with van der Waals surface area (Å²) in [5.74, 6) is -0.146. The van der Waals surface area contributed by atoms with E-state index in [1.54, 1.807) is 14.0 Å². The molecule has 0 amide bonds. The number of benzene rings is 1. The second kappa shape index (κ2) is 8.53. The predicted molar refractivity (Wildman–Crippen MR) is 73.3 cm³/mol. The van der Waals surface area contributed by atoms with E-state index in [-0.39, 0.29) is 5.92 Å². The summed E-state index contributed by atoms with van der Waals surface area (Å²) in [5, 5.41) is 8.73. The lowest BCUT2D eigenvalue weighted by molar-refractivity contribution is -0.141. The first kappa shape index (κ1) is 15.5. The van der Waals surface area contributed by atoms with Crippen molar-refractivity contribution in [1.82, 2.24) is 0 Å². The number of carboxylic acids is 1. The fourth-order valence-electron chi connectivity index (χ4n) is 1.69. The quantitative estimate of drug-likeness (QED) is 0.698. The Labute approximate surface area is 114 Å². The van der Waals surface area contributed by atoms with Crippen molar-refractivity contribution in [2.45, 2.75) is 32.8 Å². The van der Waals surface area contributed by atoms with E-state index in [9.17, 15) is 4.79 Å². The first-order valence-corrected chi connectivity index (χ1v) is 6.57. The molecule has 0 aliphatic carbocycles. The van der Waals surface area contributed by atoms with Gasteiger partial charge in [-0.3, -0.25) is 4.79 Å². The van der Waals surface area contributed by atoms with Gasteiger partial charge in [0.25, 0.3) is 0 Å². The zero-order chi connectivity index (χ0) is 14.1. The summed E-state index contributed by atoms with van der Waals surface area (Å²) < 4.78 is 10.6. The van der Waals surface area contributed by atoms with E-state index >= 15 is 0 Å². The summed E-state index contributed by atoms with van der Waals surface area (Å²) in [6, 6.07) is 7.77. The monoisotopic (exact) mass is 266 g/mol. The zero-order valence-corrected chi connectivity index (χ0v) is 11.6. The molecule has 106 valence electrons. The Bertz CT molecular complexity index is 372. The van der Waals surface area contributed by atoms with Crippen LogP contribution in [0.5, 0.6) is 5.75 Å². The molecule has 0 spiro atoms. The van der Waals surface area contributed by atoms with Crippen LogP contribution in [0.2, 0.25) is 0 Å². The third-order valence-electron chi connectivity index (χ3n) is 3.03. The molecule has 1 rings (SSSR count). The molecule has 0 heterocycles. The number of carboxylic acid groups (broad SMARTS) is 1. The highest BCUT2D eigenvalue weighted by molar-refractivity contribution is 5.69. The molecule has 19 heavy (non-hydrogen) atoms. The molecule has 4 nitrogen and oxygen atoms in total. The van der Waals surface area contributed by atoms with Gasteiger partial charge in [-0.05, 0) is 30.5 Å². The first-order valence-electron chi connectivity index (χ1n) is 6.57. The molecular formula is C15H22O4. The number of ether oxygens (including phenoxy) is 2. The molecule has 4 heteroatoms. The van der Waals surface area contributed by atoms with Crippen molar-refractivity contribution in [1.29, 1.82) is 0 Å². The van der Waals surface area contributed by atoms with E-state index in [0.717, 1.165) is 24.2 Å². The van der Waals surface area contributed by atoms with Crippen molar-refractivity contribution in [3.8, 4) is 5.75 Å². The Hall–Kier alpha value is -1.55. The van der Waals surface area contributed by atoms with Crippen molar-refractivity contribution in [3.63, 3.8) is 0 Å². The average molecular weight is 266 g/mol. The van der Waals surface area contributed by atoms with Gasteiger partial charge >= 0.3 is 5.97 Å². The van der Waals surface area contributed by atoms with Crippen LogP contribution < -0.4 is 4.74 Å². The molecule has 0 unspecified atom stereocenters. The molecule has 0 fully saturated rings. The van der Waals surface area contributed by atoms with Gasteiger partial charge in [0.05, 0.1) is 19.6 Å². The summed E-state index contributed by atoms with van der Waals surface area (Å²) in [6.07, 6.45) is 2.49. The highest BCUT2D eigenvalue weighted by atomic mass is 16.5. The summed E-state index contributed by atoms with van der Waals surface area (Å²) in [7, 11) is 1.64. The van der Waals surface area contributed by atoms with Gasteiger partial charge in [0, 0.05) is 6.61 Å². The Kier molecular flexibility index (Phi) is 6.97. The topological polar surface area (TPSA) is 55.8 Å². The van der Waals surface area contributed by atoms with Crippen LogP contribution in [0.1, 0.15) is 31.7 Å². The first-order chi connectivity index (χ1) is 9.13. The summed E-state index contributed by atoms with van der Waals surface area (Å²) >= 11 is 0. The summed E-state index contributed by atoms with van der Waals surface area (Å²) in [6.45, 7) is 2.98. The van der Waals surface area contributed by atoms with Gasteiger partial charge in [0.2, 0.25) is 0 Å². The maximum atomic E-state index is 10.6. The second-order valence-corrected chi connectivity index (χ2v) is 4.64. The lowest BCUT2D eigenvalue weighted by Crippen LogP contribution is -2.09. The number of hydrogen-bond donors (Lipinski definition) is 1. The van der Waals surface area contributed by atoms with Crippen LogP contribution in [-0.4, -0.2) is 24.8 Å². The van der Waals surface area contributed by atoms with E-state index in [0.29, 0.717) is 19.6 Å². The van der Waals surface area contributed by atoms with E-state index in [1.165, 1.54) is 0 Å². The second-order valence-electron chi connectivity index (χ2n) is 4.64. The SMILES string of the molecule is COc1ccc(COCCCC[C@H](C)C(=O)O)cc1. The molecule has 0 saturated carbocycles. The van der Waals surface area contributed by atoms with Gasteiger partial charge < -0.3 is 14.6 Å². The van der Waals surface area contributed by atoms with Crippen LogP contribution in [0.3, 0.4) is 0 Å². The smallest absolute Gasteiger partial charge is 0.306 e. The lowest BCUT2D eigenvalue weighted by atomic mass is 10.1. The van der Waals surface area contributed by atoms with Gasteiger partial charge in [0.1, 0.15) is 5.75 Å². The molecule has 0 bridgehead atoms. The van der Waals surface area contributed by atoms with Crippen LogP contribution in [0.4, 0.5) is 0 Å². The zero-order valence-electron chi connectivity index (χ0n) is 11.6. The Balaban J connectivity index is 2.08. The molecule has 1 aromatic carbocycles. The maximum Gasteiger partial charge on any atom is 0.306 e. The van der Waals surface area contributed by atoms with Crippen molar-refractivity contribution in [2.75, 3.05) is 13.7 Å². The molecule has 1 N–H and O–H groups in total. The minimum absolute atomic E-state index is 0.262. The number of hydrogen-bond acceptors (Lipinski definition) is 3. The summed E-state index contributed by atoms with van der Waals surface area (Å²) in [4.78, 5) is 10.6. The van der Waals surface area contributed by atoms with Crippen LogP contribution in [0.25, 0.3) is 0 Å². The molecule has 1 aromatic rings. The van der Waals surface area contributed by atoms with Gasteiger partial charge in [-0.2, -0.15) is 0 Å². The number of rotatable bonds is 9. The molecule has 0 aliphatic rings. The highest BCUT2D eigenvalue weighted by Crippen LogP contribution is 2.12.